The second kappa shape index (κ2) is 6.63. The molecule has 1 aliphatic rings. The molecule has 0 radical (unpaired) electrons. The molecule has 24 heavy (non-hydrogen) atoms. The van der Waals surface area contributed by atoms with E-state index in [1.807, 2.05) is 0 Å². The van der Waals surface area contributed by atoms with Crippen molar-refractivity contribution in [3.8, 4) is 0 Å². The van der Waals surface area contributed by atoms with Crippen LogP contribution in [-0.2, 0) is 4.79 Å². The lowest BCUT2D eigenvalue weighted by Gasteiger charge is -2.54. The first-order valence-corrected chi connectivity index (χ1v) is 9.50. The van der Waals surface area contributed by atoms with Gasteiger partial charge in [-0.15, -0.1) is 0 Å². The van der Waals surface area contributed by atoms with Gasteiger partial charge < -0.3 is 5.32 Å². The first kappa shape index (κ1) is 21.5. The van der Waals surface area contributed by atoms with Crippen LogP contribution in [0.2, 0.25) is 0 Å². The Hall–Kier alpha value is -0.570. The summed E-state index contributed by atoms with van der Waals surface area (Å²) in [6, 6.07) is 0.253. The summed E-state index contributed by atoms with van der Waals surface area (Å²) in [7, 11) is 2.20. The standard InChI is InChI=1S/C21H42N2O/c1-18(2,3)14-16(19(4,5)6)17(24)22-15-12-20(7,8)23(11)21(9,10)13-15/h15-16H,12-14H2,1-11H3,(H,22,24). The summed E-state index contributed by atoms with van der Waals surface area (Å²) >= 11 is 0. The number of nitrogens with one attached hydrogen (secondary N) is 1. The molecule has 0 aliphatic carbocycles. The van der Waals surface area contributed by atoms with Gasteiger partial charge in [0.15, 0.2) is 0 Å². The first-order chi connectivity index (χ1) is 10.5. The SMILES string of the molecule is CN1C(C)(C)CC(NC(=O)C(CC(C)(C)C)C(C)(C)C)CC1(C)C. The monoisotopic (exact) mass is 338 g/mol. The lowest BCUT2D eigenvalue weighted by atomic mass is 9.71. The van der Waals surface area contributed by atoms with Crippen molar-refractivity contribution in [2.45, 2.75) is 106 Å². The van der Waals surface area contributed by atoms with Gasteiger partial charge in [0.2, 0.25) is 5.91 Å². The summed E-state index contributed by atoms with van der Waals surface area (Å²) in [6.45, 7) is 22.4. The Morgan fingerprint density at radius 3 is 1.79 bits per heavy atom. The van der Waals surface area contributed by atoms with E-state index in [9.17, 15) is 4.79 Å². The smallest absolute Gasteiger partial charge is 0.223 e. The lowest BCUT2D eigenvalue weighted by Crippen LogP contribution is -2.63. The van der Waals surface area contributed by atoms with E-state index < -0.39 is 0 Å². The molecule has 0 aromatic rings. The minimum Gasteiger partial charge on any atom is -0.353 e. The minimum absolute atomic E-state index is 0.0200. The Kier molecular flexibility index (Phi) is 5.93. The summed E-state index contributed by atoms with van der Waals surface area (Å²) in [5, 5.41) is 3.41. The molecule has 1 fully saturated rings. The fourth-order valence-corrected chi connectivity index (χ4v) is 4.18. The molecule has 0 aromatic carbocycles. The Morgan fingerprint density at radius 1 is 1.04 bits per heavy atom. The summed E-state index contributed by atoms with van der Waals surface area (Å²) < 4.78 is 0. The Morgan fingerprint density at radius 2 is 1.46 bits per heavy atom. The van der Waals surface area contributed by atoms with Gasteiger partial charge in [-0.05, 0) is 64.8 Å². The summed E-state index contributed by atoms with van der Waals surface area (Å²) in [6.07, 6.45) is 2.93. The van der Waals surface area contributed by atoms with Crippen LogP contribution < -0.4 is 5.32 Å². The molecule has 0 aromatic heterocycles. The highest BCUT2D eigenvalue weighted by molar-refractivity contribution is 5.79. The van der Waals surface area contributed by atoms with Gasteiger partial charge in [-0.25, -0.2) is 0 Å². The van der Waals surface area contributed by atoms with Crippen molar-refractivity contribution >= 4 is 5.91 Å². The molecule has 0 bridgehead atoms. The third kappa shape index (κ3) is 5.47. The van der Waals surface area contributed by atoms with Gasteiger partial charge in [-0.1, -0.05) is 41.5 Å². The highest BCUT2D eigenvalue weighted by Crippen LogP contribution is 2.39. The normalized spacial score (nSPS) is 23.8. The quantitative estimate of drug-likeness (QED) is 0.797. The number of piperidine rings is 1. The van der Waals surface area contributed by atoms with Crippen molar-refractivity contribution in [1.82, 2.24) is 10.2 Å². The van der Waals surface area contributed by atoms with E-state index >= 15 is 0 Å². The van der Waals surface area contributed by atoms with Crippen LogP contribution in [0.15, 0.2) is 0 Å². The first-order valence-electron chi connectivity index (χ1n) is 9.50. The predicted molar refractivity (Wildman–Crippen MR) is 104 cm³/mol. The van der Waals surface area contributed by atoms with E-state index in [4.69, 9.17) is 0 Å². The van der Waals surface area contributed by atoms with Gasteiger partial charge in [-0.3, -0.25) is 9.69 Å². The average molecular weight is 339 g/mol. The van der Waals surface area contributed by atoms with Crippen LogP contribution in [-0.4, -0.2) is 35.0 Å². The van der Waals surface area contributed by atoms with Crippen molar-refractivity contribution < 1.29 is 4.79 Å². The number of amides is 1. The summed E-state index contributed by atoms with van der Waals surface area (Å²) in [5.41, 5.74) is 0.330. The summed E-state index contributed by atoms with van der Waals surface area (Å²) in [5.74, 6) is 0.280. The maximum atomic E-state index is 13.1. The fraction of sp³-hybridized carbons (Fsp3) is 0.952. The second-order valence-corrected chi connectivity index (χ2v) is 11.5. The van der Waals surface area contributed by atoms with Crippen molar-refractivity contribution in [3.05, 3.63) is 0 Å². The number of nitrogens with zero attached hydrogens (tertiary/aromatic N) is 1. The predicted octanol–water partition coefficient (Wildman–Crippen LogP) is 4.85. The molecule has 0 spiro atoms. The minimum atomic E-state index is -0.0200. The van der Waals surface area contributed by atoms with Crippen LogP contribution in [0, 0.1) is 16.7 Å². The van der Waals surface area contributed by atoms with Crippen molar-refractivity contribution in [2.75, 3.05) is 7.05 Å². The van der Waals surface area contributed by atoms with Crippen LogP contribution in [0.5, 0.6) is 0 Å². The molecular formula is C21H42N2O. The van der Waals surface area contributed by atoms with Gasteiger partial charge in [0.25, 0.3) is 0 Å². The topological polar surface area (TPSA) is 32.3 Å². The highest BCUT2D eigenvalue weighted by Gasteiger charge is 2.44. The van der Waals surface area contributed by atoms with Gasteiger partial charge in [-0.2, -0.15) is 0 Å². The molecule has 1 heterocycles. The van der Waals surface area contributed by atoms with Crippen LogP contribution in [0.1, 0.15) is 88.5 Å². The maximum Gasteiger partial charge on any atom is 0.223 e. The molecule has 1 aliphatic heterocycles. The Labute approximate surface area is 151 Å². The van der Waals surface area contributed by atoms with Crippen LogP contribution in [0.3, 0.4) is 0 Å². The highest BCUT2D eigenvalue weighted by atomic mass is 16.2. The Balaban J connectivity index is 2.91. The number of likely N-dealkylation sites (tertiary alicyclic amines) is 1. The zero-order valence-electron chi connectivity index (χ0n) is 18.1. The summed E-state index contributed by atoms with van der Waals surface area (Å²) in [4.78, 5) is 15.6. The van der Waals surface area contributed by atoms with Crippen LogP contribution >= 0.6 is 0 Å². The molecule has 1 N–H and O–H groups in total. The zero-order chi connectivity index (χ0) is 19.1. The fourth-order valence-electron chi connectivity index (χ4n) is 4.18. The van der Waals surface area contributed by atoms with E-state index in [1.54, 1.807) is 0 Å². The van der Waals surface area contributed by atoms with E-state index in [1.165, 1.54) is 0 Å². The van der Waals surface area contributed by atoms with Gasteiger partial charge in [0, 0.05) is 23.0 Å². The van der Waals surface area contributed by atoms with Gasteiger partial charge in [0.05, 0.1) is 0 Å². The molecule has 142 valence electrons. The van der Waals surface area contributed by atoms with Crippen LogP contribution in [0.25, 0.3) is 0 Å². The van der Waals surface area contributed by atoms with Crippen molar-refractivity contribution in [2.24, 2.45) is 16.7 Å². The molecule has 1 saturated heterocycles. The van der Waals surface area contributed by atoms with Gasteiger partial charge in [0.1, 0.15) is 0 Å². The third-order valence-corrected chi connectivity index (χ3v) is 5.83. The lowest BCUT2D eigenvalue weighted by molar-refractivity contribution is -0.131. The number of carbonyl (C=O) groups is 1. The van der Waals surface area contributed by atoms with Crippen LogP contribution in [0.4, 0.5) is 0 Å². The second-order valence-electron chi connectivity index (χ2n) is 11.5. The van der Waals surface area contributed by atoms with Crippen molar-refractivity contribution in [1.29, 1.82) is 0 Å². The molecule has 3 heteroatoms. The van der Waals surface area contributed by atoms with E-state index in [2.05, 4.69) is 86.5 Å². The largest absolute Gasteiger partial charge is 0.353 e. The van der Waals surface area contributed by atoms with Gasteiger partial charge >= 0.3 is 0 Å². The average Bonchev–Trinajstić information content (AvgIpc) is 2.29. The molecule has 0 saturated carbocycles. The number of hydrogen-bond acceptors (Lipinski definition) is 2. The zero-order valence-corrected chi connectivity index (χ0v) is 18.1. The molecule has 3 nitrogen and oxygen atoms in total. The Bertz CT molecular complexity index is 433. The number of carbonyl (C=O) groups excluding carboxylic acids is 1. The van der Waals surface area contributed by atoms with E-state index in [0.717, 1.165) is 19.3 Å². The number of hydrogen-bond donors (Lipinski definition) is 1. The third-order valence-electron chi connectivity index (χ3n) is 5.83. The molecule has 1 atom stereocenters. The number of rotatable bonds is 3. The maximum absolute atomic E-state index is 13.1. The molecule has 1 unspecified atom stereocenters. The van der Waals surface area contributed by atoms with E-state index in [-0.39, 0.29) is 39.8 Å². The van der Waals surface area contributed by atoms with E-state index in [0.29, 0.717) is 0 Å². The van der Waals surface area contributed by atoms with Crippen molar-refractivity contribution in [3.63, 3.8) is 0 Å². The molecular weight excluding hydrogens is 296 g/mol. The molecule has 1 amide bonds. The molecule has 1 rings (SSSR count).